The molecule has 3 heterocycles. The van der Waals surface area contributed by atoms with Crippen LogP contribution in [0.2, 0.25) is 5.02 Å². The number of hydrogen-bond acceptors (Lipinski definition) is 8. The number of carbonyl (C=O) groups excluding carboxylic acids is 3. The van der Waals surface area contributed by atoms with E-state index in [9.17, 15) is 14.4 Å². The zero-order valence-corrected chi connectivity index (χ0v) is 22.4. The summed E-state index contributed by atoms with van der Waals surface area (Å²) < 4.78 is 5.23. The molecule has 3 unspecified atom stereocenters. The van der Waals surface area contributed by atoms with Gasteiger partial charge in [-0.3, -0.25) is 14.4 Å². The molecule has 11 heteroatoms. The molecule has 9 nitrogen and oxygen atoms in total. The Labute approximate surface area is 223 Å². The highest BCUT2D eigenvalue weighted by molar-refractivity contribution is 7.13. The van der Waals surface area contributed by atoms with E-state index in [4.69, 9.17) is 22.1 Å². The van der Waals surface area contributed by atoms with E-state index in [1.807, 2.05) is 7.05 Å². The molecule has 1 saturated carbocycles. The van der Waals surface area contributed by atoms with Crippen LogP contribution in [0, 0.1) is 5.92 Å². The third-order valence-corrected chi connectivity index (χ3v) is 8.62. The number of ketones is 1. The number of esters is 1. The molecule has 0 spiro atoms. The third-order valence-electron chi connectivity index (χ3n) is 7.30. The number of ether oxygens (including phenoxy) is 1. The van der Waals surface area contributed by atoms with E-state index in [1.165, 1.54) is 11.3 Å². The lowest BCUT2D eigenvalue weighted by Crippen LogP contribution is -2.66. The summed E-state index contributed by atoms with van der Waals surface area (Å²) in [7, 11) is 2.04. The lowest BCUT2D eigenvalue weighted by molar-refractivity contribution is -0.149. The third kappa shape index (κ3) is 5.03. The predicted octanol–water partition coefficient (Wildman–Crippen LogP) is 3.31. The predicted molar refractivity (Wildman–Crippen MR) is 142 cm³/mol. The van der Waals surface area contributed by atoms with Crippen LogP contribution in [0.3, 0.4) is 0 Å². The summed E-state index contributed by atoms with van der Waals surface area (Å²) in [6.45, 7) is 3.64. The van der Waals surface area contributed by atoms with Crippen molar-refractivity contribution >= 4 is 51.5 Å². The smallest absolute Gasteiger partial charge is 0.309 e. The summed E-state index contributed by atoms with van der Waals surface area (Å²) in [5, 5.41) is 4.68. The van der Waals surface area contributed by atoms with Crippen molar-refractivity contribution in [2.45, 2.75) is 50.7 Å². The summed E-state index contributed by atoms with van der Waals surface area (Å²) in [6.07, 6.45) is 1.67. The van der Waals surface area contributed by atoms with E-state index in [0.29, 0.717) is 28.6 Å². The van der Waals surface area contributed by atoms with Crippen LogP contribution in [0.15, 0.2) is 24.3 Å². The molecule has 2 aliphatic rings. The number of fused-ring (bicyclic) bond motifs is 2. The van der Waals surface area contributed by atoms with Gasteiger partial charge in [-0.2, -0.15) is 0 Å². The number of halogens is 1. The van der Waals surface area contributed by atoms with Crippen molar-refractivity contribution in [3.05, 3.63) is 50.6 Å². The number of Topliss-reactive ketones (excluding diaryl/α,β-unsaturated/α-hetero) is 1. The number of nitrogens with one attached hydrogen (secondary N) is 2. The second-order valence-electron chi connectivity index (χ2n) is 9.92. The average Bonchev–Trinajstić information content (AvgIpc) is 3.48. The quantitative estimate of drug-likeness (QED) is 0.321. The van der Waals surface area contributed by atoms with Crippen molar-refractivity contribution < 1.29 is 19.1 Å². The maximum atomic E-state index is 13.9. The van der Waals surface area contributed by atoms with Crippen LogP contribution in [-0.4, -0.2) is 64.3 Å². The number of aromatic nitrogens is 2. The largest absolute Gasteiger partial charge is 0.466 e. The normalized spacial score (nSPS) is 24.0. The molecular formula is C26H30ClN5O4S. The van der Waals surface area contributed by atoms with Gasteiger partial charge in [0.05, 0.1) is 30.0 Å². The van der Waals surface area contributed by atoms with Gasteiger partial charge < -0.3 is 25.7 Å². The highest BCUT2D eigenvalue weighted by Crippen LogP contribution is 2.36. The lowest BCUT2D eigenvalue weighted by atomic mass is 9.70. The monoisotopic (exact) mass is 543 g/mol. The molecule has 3 atom stereocenters. The minimum absolute atomic E-state index is 0.0604. The maximum absolute atomic E-state index is 13.9. The molecule has 1 aromatic carbocycles. The minimum Gasteiger partial charge on any atom is -0.466 e. The first-order valence-corrected chi connectivity index (χ1v) is 13.6. The molecule has 2 aromatic heterocycles. The van der Waals surface area contributed by atoms with Gasteiger partial charge in [0.2, 0.25) is 5.78 Å². The second kappa shape index (κ2) is 10.2. The first-order valence-electron chi connectivity index (χ1n) is 12.4. The fraction of sp³-hybridized carbons (Fsp3) is 0.462. The molecule has 1 amide bonds. The molecule has 1 aliphatic heterocycles. The molecule has 37 heavy (non-hydrogen) atoms. The van der Waals surface area contributed by atoms with E-state index in [2.05, 4.69) is 20.2 Å². The van der Waals surface area contributed by atoms with Crippen LogP contribution in [-0.2, 0) is 22.5 Å². The van der Waals surface area contributed by atoms with Crippen molar-refractivity contribution in [2.75, 3.05) is 20.2 Å². The maximum Gasteiger partial charge on any atom is 0.309 e. The highest BCUT2D eigenvalue weighted by Gasteiger charge is 2.50. The molecule has 3 aromatic rings. The summed E-state index contributed by atoms with van der Waals surface area (Å²) in [6, 6.07) is 6.31. The van der Waals surface area contributed by atoms with Crippen LogP contribution in [0.4, 0.5) is 0 Å². The molecule has 0 radical (unpaired) electrons. The zero-order chi connectivity index (χ0) is 26.3. The number of nitrogens with two attached hydrogens (primary N) is 1. The van der Waals surface area contributed by atoms with E-state index in [0.717, 1.165) is 41.0 Å². The Hall–Kier alpha value is -2.79. The fourth-order valence-electron chi connectivity index (χ4n) is 5.31. The number of thiazole rings is 1. The van der Waals surface area contributed by atoms with E-state index < -0.39 is 17.5 Å². The number of benzene rings is 1. The van der Waals surface area contributed by atoms with Crippen LogP contribution in [0.1, 0.15) is 57.0 Å². The number of H-pyrrole nitrogens is 1. The van der Waals surface area contributed by atoms with Crippen LogP contribution in [0.5, 0.6) is 0 Å². The number of likely N-dealkylation sites (N-methyl/N-ethyl adjacent to an activating group) is 1. The van der Waals surface area contributed by atoms with Gasteiger partial charge in [0.1, 0.15) is 5.54 Å². The standard InChI is InChI=1S/C26H30ClN5O4S/c1-3-36-25(35)14-4-7-21(31-23(34)24-30-18-8-9-32(2)13-20(18)37-24)26(28,12-14)22(33)19-11-15-10-16(27)5-6-17(15)29-19/h5-6,10-11,14,21,29H,3-4,7-9,12-13,28H2,1-2H3,(H,31,34). The molecule has 196 valence electrons. The molecule has 0 saturated heterocycles. The van der Waals surface area contributed by atoms with Gasteiger partial charge in [-0.25, -0.2) is 4.98 Å². The second-order valence-corrected chi connectivity index (χ2v) is 11.4. The number of hydrogen-bond donors (Lipinski definition) is 3. The molecule has 0 bridgehead atoms. The highest BCUT2D eigenvalue weighted by atomic mass is 35.5. The molecule has 1 aliphatic carbocycles. The Morgan fingerprint density at radius 2 is 2.14 bits per heavy atom. The van der Waals surface area contributed by atoms with Gasteiger partial charge in [-0.05, 0) is 57.5 Å². The van der Waals surface area contributed by atoms with Gasteiger partial charge in [0, 0.05) is 40.3 Å². The Bertz CT molecular complexity index is 1370. The Morgan fingerprint density at radius 3 is 2.92 bits per heavy atom. The zero-order valence-electron chi connectivity index (χ0n) is 20.8. The van der Waals surface area contributed by atoms with Gasteiger partial charge in [0.15, 0.2) is 5.01 Å². The van der Waals surface area contributed by atoms with E-state index in [1.54, 1.807) is 31.2 Å². The van der Waals surface area contributed by atoms with Gasteiger partial charge in [0.25, 0.3) is 5.91 Å². The molecular weight excluding hydrogens is 514 g/mol. The number of aromatic amines is 1. The van der Waals surface area contributed by atoms with Crippen LogP contribution >= 0.6 is 22.9 Å². The summed E-state index contributed by atoms with van der Waals surface area (Å²) in [4.78, 5) is 50.8. The van der Waals surface area contributed by atoms with Crippen LogP contribution < -0.4 is 11.1 Å². The molecule has 5 rings (SSSR count). The van der Waals surface area contributed by atoms with Crippen molar-refractivity contribution in [2.24, 2.45) is 11.7 Å². The summed E-state index contributed by atoms with van der Waals surface area (Å²) in [5.74, 6) is -1.65. The van der Waals surface area contributed by atoms with Crippen molar-refractivity contribution in [1.29, 1.82) is 0 Å². The Balaban J connectivity index is 1.43. The van der Waals surface area contributed by atoms with Gasteiger partial charge in [-0.15, -0.1) is 11.3 Å². The van der Waals surface area contributed by atoms with E-state index >= 15 is 0 Å². The summed E-state index contributed by atoms with van der Waals surface area (Å²) >= 11 is 7.50. The minimum atomic E-state index is -1.52. The topological polar surface area (TPSA) is 130 Å². The van der Waals surface area contributed by atoms with Crippen molar-refractivity contribution in [3.63, 3.8) is 0 Å². The van der Waals surface area contributed by atoms with Crippen molar-refractivity contribution in [3.8, 4) is 0 Å². The number of amides is 1. The lowest BCUT2D eigenvalue weighted by Gasteiger charge is -2.42. The van der Waals surface area contributed by atoms with Crippen LogP contribution in [0.25, 0.3) is 10.9 Å². The fourth-order valence-corrected chi connectivity index (χ4v) is 6.58. The number of carbonyl (C=O) groups is 3. The number of rotatable bonds is 6. The SMILES string of the molecule is CCOC(=O)C1CCC(NC(=O)c2nc3c(s2)CN(C)CC3)C(N)(C(=O)c2cc3cc(Cl)ccc3[nH]2)C1. The Morgan fingerprint density at radius 1 is 1.32 bits per heavy atom. The van der Waals surface area contributed by atoms with E-state index in [-0.39, 0.29) is 30.7 Å². The number of nitrogens with zero attached hydrogens (tertiary/aromatic N) is 2. The molecule has 1 fully saturated rings. The average molecular weight is 544 g/mol. The molecule has 4 N–H and O–H groups in total. The van der Waals surface area contributed by atoms with Gasteiger partial charge in [-0.1, -0.05) is 11.6 Å². The Kier molecular flexibility index (Phi) is 7.10. The first-order chi connectivity index (χ1) is 17.7. The van der Waals surface area contributed by atoms with Crippen molar-refractivity contribution in [1.82, 2.24) is 20.2 Å². The summed E-state index contributed by atoms with van der Waals surface area (Å²) in [5.41, 5.74) is 7.33. The van der Waals surface area contributed by atoms with Gasteiger partial charge >= 0.3 is 5.97 Å². The first kappa shape index (κ1) is 25.8.